The van der Waals surface area contributed by atoms with Gasteiger partial charge in [-0.3, -0.25) is 4.79 Å². The van der Waals surface area contributed by atoms with Crippen molar-refractivity contribution >= 4 is 12.1 Å². The zero-order chi connectivity index (χ0) is 31.0. The Morgan fingerprint density at radius 2 is 1.51 bits per heavy atom. The van der Waals surface area contributed by atoms with Crippen LogP contribution in [0.3, 0.4) is 0 Å². The fourth-order valence-corrected chi connectivity index (χ4v) is 4.53. The lowest BCUT2D eigenvalue weighted by Gasteiger charge is -2.28. The molecule has 8 nitrogen and oxygen atoms in total. The first kappa shape index (κ1) is 33.8. The molecule has 4 unspecified atom stereocenters. The zero-order valence-corrected chi connectivity index (χ0v) is 25.6. The van der Waals surface area contributed by atoms with E-state index in [-0.39, 0.29) is 18.4 Å². The summed E-state index contributed by atoms with van der Waals surface area (Å²) in [6, 6.07) is 12.3. The van der Waals surface area contributed by atoms with E-state index >= 15 is 0 Å². The first-order valence-corrected chi connectivity index (χ1v) is 14.0. The predicted molar refractivity (Wildman–Crippen MR) is 160 cm³/mol. The molecule has 4 N–H and O–H groups in total. The summed E-state index contributed by atoms with van der Waals surface area (Å²) in [7, 11) is 0. The van der Waals surface area contributed by atoms with Crippen LogP contribution in [0.25, 0.3) is 0 Å². The molecule has 2 aromatic rings. The van der Waals surface area contributed by atoms with Crippen molar-refractivity contribution < 1.29 is 34.4 Å². The van der Waals surface area contributed by atoms with Gasteiger partial charge in [0.2, 0.25) is 0 Å². The minimum absolute atomic E-state index is 0.0819. The van der Waals surface area contributed by atoms with Crippen LogP contribution in [0.5, 0.6) is 5.75 Å². The van der Waals surface area contributed by atoms with Crippen molar-refractivity contribution in [1.29, 1.82) is 0 Å². The summed E-state index contributed by atoms with van der Waals surface area (Å²) < 4.78 is 11.5. The van der Waals surface area contributed by atoms with Gasteiger partial charge in [0.25, 0.3) is 0 Å². The maximum Gasteiger partial charge on any atom is 0.407 e. The number of carboxylic acid groups (broad SMARTS) is 1. The van der Waals surface area contributed by atoms with E-state index in [1.165, 1.54) is 6.08 Å². The normalized spacial score (nSPS) is 15.2. The Hall–Kier alpha value is -3.36. The second-order valence-electron chi connectivity index (χ2n) is 12.6. The second kappa shape index (κ2) is 14.5. The molecular formula is C33H47NO7. The van der Waals surface area contributed by atoms with Crippen LogP contribution in [0, 0.1) is 19.8 Å². The van der Waals surface area contributed by atoms with Crippen molar-refractivity contribution in [1.82, 2.24) is 5.32 Å². The first-order chi connectivity index (χ1) is 18.9. The summed E-state index contributed by atoms with van der Waals surface area (Å²) in [4.78, 5) is 24.5. The molecule has 8 heteroatoms. The molecule has 2 aromatic carbocycles. The number of benzene rings is 2. The molecule has 226 valence electrons. The van der Waals surface area contributed by atoms with Crippen LogP contribution < -0.4 is 10.1 Å². The highest BCUT2D eigenvalue weighted by Crippen LogP contribution is 2.27. The number of hydrogen-bond donors (Lipinski definition) is 4. The average Bonchev–Trinajstić information content (AvgIpc) is 2.82. The van der Waals surface area contributed by atoms with E-state index in [9.17, 15) is 24.9 Å². The molecule has 0 spiro atoms. The van der Waals surface area contributed by atoms with Crippen molar-refractivity contribution in [3.05, 3.63) is 76.9 Å². The van der Waals surface area contributed by atoms with Crippen LogP contribution >= 0.6 is 0 Å². The standard InChI is InChI=1S/C33H47NO7/c1-21-17-24(40-32(3,4)5)18-22(2)25(21)20-27(34-31(39)41-33(6,7)8)29(36)16-12-15-28(35)26(30(37)38)19-23-13-10-9-11-14-23/h9-15,17-18,26-29,35-36H,16,19-20H2,1-8H3,(H,34,39)(H,37,38)/b15-12+. The molecule has 0 aromatic heterocycles. The molecule has 0 saturated heterocycles. The van der Waals surface area contributed by atoms with Crippen LogP contribution in [-0.4, -0.2) is 56.8 Å². The van der Waals surface area contributed by atoms with Crippen LogP contribution in [0.1, 0.15) is 70.2 Å². The lowest BCUT2D eigenvalue weighted by atomic mass is 9.91. The van der Waals surface area contributed by atoms with E-state index in [2.05, 4.69) is 5.32 Å². The molecule has 0 saturated carbocycles. The smallest absolute Gasteiger partial charge is 0.407 e. The van der Waals surface area contributed by atoms with Gasteiger partial charge in [0.05, 0.1) is 24.2 Å². The van der Waals surface area contributed by atoms with Gasteiger partial charge in [-0.05, 0) is 109 Å². The number of rotatable bonds is 12. The third-order valence-corrected chi connectivity index (χ3v) is 6.42. The zero-order valence-electron chi connectivity index (χ0n) is 25.6. The number of amides is 1. The maximum absolute atomic E-state index is 12.7. The second-order valence-corrected chi connectivity index (χ2v) is 12.6. The maximum atomic E-state index is 12.7. The van der Waals surface area contributed by atoms with Gasteiger partial charge in [0, 0.05) is 0 Å². The summed E-state index contributed by atoms with van der Waals surface area (Å²) in [6.45, 7) is 15.2. The summed E-state index contributed by atoms with van der Waals surface area (Å²) in [6.07, 6.45) is 0.590. The van der Waals surface area contributed by atoms with E-state index in [4.69, 9.17) is 9.47 Å². The van der Waals surface area contributed by atoms with E-state index < -0.39 is 41.8 Å². The van der Waals surface area contributed by atoms with Gasteiger partial charge >= 0.3 is 12.1 Å². The van der Waals surface area contributed by atoms with Gasteiger partial charge in [-0.2, -0.15) is 0 Å². The van der Waals surface area contributed by atoms with Crippen LogP contribution in [0.2, 0.25) is 0 Å². The molecule has 4 atom stereocenters. The lowest BCUT2D eigenvalue weighted by Crippen LogP contribution is -2.46. The minimum atomic E-state index is -1.25. The Kier molecular flexibility index (Phi) is 12.0. The fraction of sp³-hybridized carbons (Fsp3) is 0.515. The Labute approximate surface area is 244 Å². The number of aliphatic hydroxyl groups is 2. The SMILES string of the molecule is Cc1cc(OC(C)(C)C)cc(C)c1CC(NC(=O)OC(C)(C)C)C(O)C/C=C/C(O)C(Cc1ccccc1)C(=O)O. The Bertz CT molecular complexity index is 1160. The van der Waals surface area contributed by atoms with Crippen LogP contribution in [-0.2, 0) is 22.4 Å². The molecule has 0 radical (unpaired) electrons. The number of alkyl carbamates (subject to hydrolysis) is 1. The van der Waals surface area contributed by atoms with E-state index in [1.54, 1.807) is 26.8 Å². The average molecular weight is 570 g/mol. The summed E-state index contributed by atoms with van der Waals surface area (Å²) in [5.74, 6) is -1.41. The predicted octanol–water partition coefficient (Wildman–Crippen LogP) is 5.53. The first-order valence-electron chi connectivity index (χ1n) is 14.0. The third-order valence-electron chi connectivity index (χ3n) is 6.42. The van der Waals surface area contributed by atoms with Gasteiger partial charge in [0.1, 0.15) is 17.0 Å². The minimum Gasteiger partial charge on any atom is -0.488 e. The van der Waals surface area contributed by atoms with Crippen molar-refractivity contribution in [3.63, 3.8) is 0 Å². The molecule has 0 aliphatic carbocycles. The Balaban J connectivity index is 2.22. The molecule has 0 heterocycles. The Morgan fingerprint density at radius 1 is 0.927 bits per heavy atom. The van der Waals surface area contributed by atoms with Gasteiger partial charge in [-0.15, -0.1) is 0 Å². The highest BCUT2D eigenvalue weighted by Gasteiger charge is 2.27. The van der Waals surface area contributed by atoms with Crippen molar-refractivity contribution in [2.45, 2.75) is 104 Å². The van der Waals surface area contributed by atoms with Crippen LogP contribution in [0.4, 0.5) is 4.79 Å². The lowest BCUT2D eigenvalue weighted by molar-refractivity contribution is -0.144. The van der Waals surface area contributed by atoms with Gasteiger partial charge in [0.15, 0.2) is 0 Å². The van der Waals surface area contributed by atoms with Crippen LogP contribution in [0.15, 0.2) is 54.6 Å². The molecular weight excluding hydrogens is 522 g/mol. The number of aliphatic hydroxyl groups excluding tert-OH is 2. The molecule has 0 aliphatic rings. The molecule has 41 heavy (non-hydrogen) atoms. The Morgan fingerprint density at radius 3 is 2.02 bits per heavy atom. The topological polar surface area (TPSA) is 125 Å². The molecule has 0 fully saturated rings. The summed E-state index contributed by atoms with van der Waals surface area (Å²) in [5, 5.41) is 34.3. The molecule has 0 aliphatic heterocycles. The molecule has 0 bridgehead atoms. The number of aliphatic carboxylic acids is 1. The van der Waals surface area contributed by atoms with Crippen molar-refractivity contribution in [2.24, 2.45) is 5.92 Å². The number of nitrogens with one attached hydrogen (secondary N) is 1. The monoisotopic (exact) mass is 569 g/mol. The molecule has 1 amide bonds. The number of carboxylic acids is 1. The largest absolute Gasteiger partial charge is 0.488 e. The number of carbonyl (C=O) groups excluding carboxylic acids is 1. The molecule has 2 rings (SSSR count). The third kappa shape index (κ3) is 12.0. The number of ether oxygens (including phenoxy) is 2. The number of aryl methyl sites for hydroxylation is 2. The number of hydrogen-bond acceptors (Lipinski definition) is 6. The quantitative estimate of drug-likeness (QED) is 0.248. The van der Waals surface area contributed by atoms with Crippen molar-refractivity contribution in [3.8, 4) is 5.75 Å². The summed E-state index contributed by atoms with van der Waals surface area (Å²) >= 11 is 0. The van der Waals surface area contributed by atoms with E-state index in [1.807, 2.05) is 77.1 Å². The van der Waals surface area contributed by atoms with E-state index in [0.717, 1.165) is 28.0 Å². The van der Waals surface area contributed by atoms with Crippen molar-refractivity contribution in [2.75, 3.05) is 0 Å². The highest BCUT2D eigenvalue weighted by molar-refractivity contribution is 5.71. The highest BCUT2D eigenvalue weighted by atomic mass is 16.6. The van der Waals surface area contributed by atoms with Gasteiger partial charge in [-0.25, -0.2) is 4.79 Å². The van der Waals surface area contributed by atoms with Gasteiger partial charge < -0.3 is 30.1 Å². The fourth-order valence-electron chi connectivity index (χ4n) is 4.53. The summed E-state index contributed by atoms with van der Waals surface area (Å²) in [5.41, 5.74) is 2.62. The van der Waals surface area contributed by atoms with E-state index in [0.29, 0.717) is 6.42 Å². The van der Waals surface area contributed by atoms with Gasteiger partial charge in [-0.1, -0.05) is 42.5 Å². The number of carbonyl (C=O) groups is 2.